The molecule has 1 aliphatic rings. The molecule has 0 bridgehead atoms. The van der Waals surface area contributed by atoms with Crippen LogP contribution in [0.15, 0.2) is 54.2 Å². The third kappa shape index (κ3) is 2.05. The first-order chi connectivity index (χ1) is 10.7. The molecule has 1 amide bonds. The molecule has 4 rings (SSSR count). The van der Waals surface area contributed by atoms with Gasteiger partial charge in [-0.05, 0) is 37.1 Å². The summed E-state index contributed by atoms with van der Waals surface area (Å²) in [7, 11) is 0. The van der Waals surface area contributed by atoms with Gasteiger partial charge in [0, 0.05) is 29.5 Å². The topological polar surface area (TPSA) is 38.1 Å². The fourth-order valence-electron chi connectivity index (χ4n) is 2.94. The molecule has 0 saturated heterocycles. The lowest BCUT2D eigenvalue weighted by Crippen LogP contribution is -2.35. The fraction of sp³-hybridized carbons (Fsp3) is 0.176. The third-order valence-corrected chi connectivity index (χ3v) is 4.82. The predicted molar refractivity (Wildman–Crippen MR) is 87.9 cm³/mol. The molecule has 1 atom stereocenters. The molecule has 2 aromatic heterocycles. The molecular formula is C17H15N3OS. The Bertz CT molecular complexity index is 822. The lowest BCUT2D eigenvalue weighted by atomic mass is 10.1. The molecule has 3 aromatic rings. The van der Waals surface area contributed by atoms with E-state index in [4.69, 9.17) is 0 Å². The van der Waals surface area contributed by atoms with Crippen LogP contribution >= 0.6 is 11.3 Å². The maximum atomic E-state index is 12.9. The minimum Gasteiger partial charge on any atom is -0.304 e. The van der Waals surface area contributed by atoms with E-state index in [0.29, 0.717) is 5.69 Å². The van der Waals surface area contributed by atoms with Crippen LogP contribution in [0.1, 0.15) is 23.0 Å². The molecule has 0 spiro atoms. The highest BCUT2D eigenvalue weighted by Gasteiger charge is 2.32. The van der Waals surface area contributed by atoms with Crippen molar-refractivity contribution in [1.82, 2.24) is 9.55 Å². The highest BCUT2D eigenvalue weighted by molar-refractivity contribution is 7.12. The number of aromatic nitrogens is 2. The lowest BCUT2D eigenvalue weighted by Gasteiger charge is -2.21. The van der Waals surface area contributed by atoms with E-state index in [1.807, 2.05) is 57.6 Å². The Morgan fingerprint density at radius 1 is 1.23 bits per heavy atom. The first-order valence-electron chi connectivity index (χ1n) is 7.24. The number of carbonyl (C=O) groups is 1. The molecule has 0 fully saturated rings. The fourth-order valence-corrected chi connectivity index (χ4v) is 3.71. The number of fused-ring (bicyclic) bond motifs is 1. The van der Waals surface area contributed by atoms with Crippen LogP contribution in [0.3, 0.4) is 0 Å². The average molecular weight is 309 g/mol. The van der Waals surface area contributed by atoms with Gasteiger partial charge in [0.25, 0.3) is 5.91 Å². The highest BCUT2D eigenvalue weighted by Crippen LogP contribution is 2.33. The molecule has 0 aliphatic carbocycles. The second-order valence-electron chi connectivity index (χ2n) is 5.46. The van der Waals surface area contributed by atoms with Gasteiger partial charge in [0.2, 0.25) is 0 Å². The zero-order chi connectivity index (χ0) is 15.1. The van der Waals surface area contributed by atoms with Gasteiger partial charge in [0.15, 0.2) is 5.13 Å². The Balaban J connectivity index is 1.68. The summed E-state index contributed by atoms with van der Waals surface area (Å²) < 4.78 is 1.92. The van der Waals surface area contributed by atoms with Crippen molar-refractivity contribution in [3.8, 4) is 5.13 Å². The summed E-state index contributed by atoms with van der Waals surface area (Å²) in [6.45, 7) is 2.08. The van der Waals surface area contributed by atoms with Crippen LogP contribution in [0.4, 0.5) is 5.69 Å². The summed E-state index contributed by atoms with van der Waals surface area (Å²) in [6, 6.07) is 12.2. The monoisotopic (exact) mass is 309 g/mol. The Hall–Kier alpha value is -2.40. The smallest absolute Gasteiger partial charge is 0.278 e. The number of thiazole rings is 1. The molecule has 3 heterocycles. The molecule has 5 heteroatoms. The number of rotatable bonds is 2. The normalized spacial score (nSPS) is 16.8. The molecular weight excluding hydrogens is 294 g/mol. The van der Waals surface area contributed by atoms with Crippen molar-refractivity contribution in [2.24, 2.45) is 0 Å². The van der Waals surface area contributed by atoms with Gasteiger partial charge in [-0.1, -0.05) is 18.2 Å². The van der Waals surface area contributed by atoms with Crippen LogP contribution < -0.4 is 4.90 Å². The molecule has 22 heavy (non-hydrogen) atoms. The average Bonchev–Trinajstić information content (AvgIpc) is 3.25. The Labute approximate surface area is 132 Å². The summed E-state index contributed by atoms with van der Waals surface area (Å²) in [5.41, 5.74) is 2.75. The molecule has 1 aliphatic heterocycles. The van der Waals surface area contributed by atoms with Crippen LogP contribution in [-0.4, -0.2) is 21.5 Å². The molecule has 0 N–H and O–H groups in total. The standard InChI is InChI=1S/C17H15N3OS/c1-12-10-13-6-2-3-7-15(13)20(12)16(21)14-11-22-17(18-14)19-8-4-5-9-19/h2-9,11-12H,10H2,1H3. The van der Waals surface area contributed by atoms with Gasteiger partial charge in [-0.2, -0.15) is 0 Å². The summed E-state index contributed by atoms with van der Waals surface area (Å²) in [5, 5.41) is 2.65. The van der Waals surface area contributed by atoms with E-state index in [-0.39, 0.29) is 11.9 Å². The van der Waals surface area contributed by atoms with Crippen molar-refractivity contribution in [2.45, 2.75) is 19.4 Å². The molecule has 4 nitrogen and oxygen atoms in total. The van der Waals surface area contributed by atoms with Crippen molar-refractivity contribution in [2.75, 3.05) is 4.90 Å². The maximum absolute atomic E-state index is 12.9. The van der Waals surface area contributed by atoms with E-state index in [1.54, 1.807) is 0 Å². The van der Waals surface area contributed by atoms with Gasteiger partial charge < -0.3 is 9.47 Å². The van der Waals surface area contributed by atoms with Gasteiger partial charge in [-0.25, -0.2) is 4.98 Å². The highest BCUT2D eigenvalue weighted by atomic mass is 32.1. The van der Waals surface area contributed by atoms with Crippen LogP contribution in [0.5, 0.6) is 0 Å². The van der Waals surface area contributed by atoms with E-state index >= 15 is 0 Å². The number of para-hydroxylation sites is 1. The van der Waals surface area contributed by atoms with Gasteiger partial charge in [0.05, 0.1) is 0 Å². The summed E-state index contributed by atoms with van der Waals surface area (Å²) in [6.07, 6.45) is 4.76. The summed E-state index contributed by atoms with van der Waals surface area (Å²) >= 11 is 1.48. The van der Waals surface area contributed by atoms with Gasteiger partial charge in [-0.15, -0.1) is 11.3 Å². The number of hydrogen-bond acceptors (Lipinski definition) is 3. The minimum atomic E-state index is -0.0212. The molecule has 1 aromatic carbocycles. The van der Waals surface area contributed by atoms with Crippen LogP contribution in [0.25, 0.3) is 5.13 Å². The van der Waals surface area contributed by atoms with E-state index in [2.05, 4.69) is 18.0 Å². The van der Waals surface area contributed by atoms with E-state index < -0.39 is 0 Å². The van der Waals surface area contributed by atoms with Crippen LogP contribution in [0, 0.1) is 0 Å². The molecule has 1 unspecified atom stereocenters. The van der Waals surface area contributed by atoms with E-state index in [1.165, 1.54) is 16.9 Å². The van der Waals surface area contributed by atoms with Gasteiger partial charge in [-0.3, -0.25) is 4.79 Å². The predicted octanol–water partition coefficient (Wildman–Crippen LogP) is 3.53. The number of amides is 1. The number of anilines is 1. The number of benzene rings is 1. The SMILES string of the molecule is CC1Cc2ccccc2N1C(=O)c1csc(-n2cccc2)n1. The minimum absolute atomic E-state index is 0.0212. The third-order valence-electron chi connectivity index (χ3n) is 3.96. The van der Waals surface area contributed by atoms with Gasteiger partial charge in [0.1, 0.15) is 5.69 Å². The molecule has 0 radical (unpaired) electrons. The van der Waals surface area contributed by atoms with Crippen LogP contribution in [0.2, 0.25) is 0 Å². The van der Waals surface area contributed by atoms with Crippen molar-refractivity contribution in [3.63, 3.8) is 0 Å². The zero-order valence-corrected chi connectivity index (χ0v) is 13.0. The second-order valence-corrected chi connectivity index (χ2v) is 6.30. The summed E-state index contributed by atoms with van der Waals surface area (Å²) in [4.78, 5) is 19.2. The van der Waals surface area contributed by atoms with Gasteiger partial charge >= 0.3 is 0 Å². The first-order valence-corrected chi connectivity index (χ1v) is 8.12. The van der Waals surface area contributed by atoms with Crippen molar-refractivity contribution in [1.29, 1.82) is 0 Å². The quantitative estimate of drug-likeness (QED) is 0.726. The lowest BCUT2D eigenvalue weighted by molar-refractivity contribution is 0.0977. The number of hydrogen-bond donors (Lipinski definition) is 0. The van der Waals surface area contributed by atoms with E-state index in [9.17, 15) is 4.79 Å². The first kappa shape index (κ1) is 13.3. The molecule has 0 saturated carbocycles. The van der Waals surface area contributed by atoms with E-state index in [0.717, 1.165) is 17.2 Å². The second kappa shape index (κ2) is 5.10. The maximum Gasteiger partial charge on any atom is 0.278 e. The largest absolute Gasteiger partial charge is 0.304 e. The Morgan fingerprint density at radius 2 is 2.00 bits per heavy atom. The molecule has 110 valence electrons. The number of carbonyl (C=O) groups excluding carboxylic acids is 1. The van der Waals surface area contributed by atoms with Crippen molar-refractivity contribution >= 4 is 22.9 Å². The van der Waals surface area contributed by atoms with Crippen LogP contribution in [-0.2, 0) is 6.42 Å². The zero-order valence-electron chi connectivity index (χ0n) is 12.1. The van der Waals surface area contributed by atoms with Crippen molar-refractivity contribution < 1.29 is 4.79 Å². The summed E-state index contributed by atoms with van der Waals surface area (Å²) in [5.74, 6) is -0.0212. The Morgan fingerprint density at radius 3 is 2.82 bits per heavy atom. The van der Waals surface area contributed by atoms with Crippen molar-refractivity contribution in [3.05, 3.63) is 65.4 Å². The Kier molecular flexibility index (Phi) is 3.08. The number of nitrogens with zero attached hydrogens (tertiary/aromatic N) is 3.